The van der Waals surface area contributed by atoms with Gasteiger partial charge in [-0.1, -0.05) is 19.3 Å². The Labute approximate surface area is 93.9 Å². The number of hydrogen-bond acceptors (Lipinski definition) is 4. The summed E-state index contributed by atoms with van der Waals surface area (Å²) in [5, 5.41) is 11.8. The Morgan fingerprint density at radius 2 is 2.12 bits per heavy atom. The zero-order chi connectivity index (χ0) is 11.5. The second kappa shape index (κ2) is 4.55. The highest BCUT2D eigenvalue weighted by molar-refractivity contribution is 5.86. The van der Waals surface area contributed by atoms with Crippen molar-refractivity contribution in [2.75, 3.05) is 12.4 Å². The molecule has 0 atom stereocenters. The van der Waals surface area contributed by atoms with E-state index in [-0.39, 0.29) is 17.7 Å². The highest BCUT2D eigenvalue weighted by Crippen LogP contribution is 2.34. The maximum atomic E-state index is 11.0. The Balaban J connectivity index is 2.29. The van der Waals surface area contributed by atoms with Crippen LogP contribution in [0.4, 0.5) is 6.01 Å². The lowest BCUT2D eigenvalue weighted by molar-refractivity contribution is 0.0660. The molecule has 0 radical (unpaired) electrons. The van der Waals surface area contributed by atoms with E-state index in [1.165, 1.54) is 6.42 Å². The molecule has 5 nitrogen and oxygen atoms in total. The zero-order valence-corrected chi connectivity index (χ0v) is 9.32. The quantitative estimate of drug-likeness (QED) is 0.824. The van der Waals surface area contributed by atoms with E-state index in [0.717, 1.165) is 25.7 Å². The Kier molecular flexibility index (Phi) is 3.12. The van der Waals surface area contributed by atoms with Gasteiger partial charge < -0.3 is 14.8 Å². The van der Waals surface area contributed by atoms with Crippen molar-refractivity contribution in [2.45, 2.75) is 38.0 Å². The predicted molar refractivity (Wildman–Crippen MR) is 58.8 cm³/mol. The largest absolute Gasteiger partial charge is 0.475 e. The molecule has 0 spiro atoms. The molecule has 1 aromatic rings. The summed E-state index contributed by atoms with van der Waals surface area (Å²) in [4.78, 5) is 15.2. The van der Waals surface area contributed by atoms with E-state index in [0.29, 0.717) is 5.69 Å². The fourth-order valence-corrected chi connectivity index (χ4v) is 2.24. The normalized spacial score (nSPS) is 17.3. The maximum Gasteiger partial charge on any atom is 0.373 e. The number of rotatable bonds is 3. The highest BCUT2D eigenvalue weighted by atomic mass is 16.4. The van der Waals surface area contributed by atoms with Gasteiger partial charge in [0.2, 0.25) is 5.76 Å². The third kappa shape index (κ3) is 2.03. The van der Waals surface area contributed by atoms with Crippen LogP contribution < -0.4 is 5.32 Å². The molecule has 1 aliphatic carbocycles. The number of nitrogens with zero attached hydrogens (tertiary/aromatic N) is 1. The molecule has 1 saturated carbocycles. The van der Waals surface area contributed by atoms with E-state index in [4.69, 9.17) is 9.52 Å². The molecular weight excluding hydrogens is 208 g/mol. The Morgan fingerprint density at radius 3 is 2.69 bits per heavy atom. The summed E-state index contributed by atoms with van der Waals surface area (Å²) in [7, 11) is 1.67. The number of anilines is 1. The molecular formula is C11H16N2O3. The van der Waals surface area contributed by atoms with Gasteiger partial charge in [0.15, 0.2) is 0 Å². The van der Waals surface area contributed by atoms with Crippen LogP contribution in [-0.4, -0.2) is 23.1 Å². The van der Waals surface area contributed by atoms with Crippen LogP contribution in [0.2, 0.25) is 0 Å². The van der Waals surface area contributed by atoms with Crippen molar-refractivity contribution in [1.29, 1.82) is 0 Å². The molecule has 0 bridgehead atoms. The molecule has 0 unspecified atom stereocenters. The van der Waals surface area contributed by atoms with Crippen LogP contribution >= 0.6 is 0 Å². The molecule has 1 heterocycles. The fourth-order valence-electron chi connectivity index (χ4n) is 2.24. The van der Waals surface area contributed by atoms with Crippen molar-refractivity contribution in [2.24, 2.45) is 0 Å². The minimum atomic E-state index is -1.03. The van der Waals surface area contributed by atoms with E-state index in [2.05, 4.69) is 10.3 Å². The van der Waals surface area contributed by atoms with Gasteiger partial charge in [0.25, 0.3) is 6.01 Å². The number of carboxylic acid groups (broad SMARTS) is 1. The third-order valence-corrected chi connectivity index (χ3v) is 3.05. The second-order valence-corrected chi connectivity index (χ2v) is 4.12. The summed E-state index contributed by atoms with van der Waals surface area (Å²) in [6.45, 7) is 0. The number of nitrogens with one attached hydrogen (secondary N) is 1. The van der Waals surface area contributed by atoms with Gasteiger partial charge in [-0.05, 0) is 12.8 Å². The lowest BCUT2D eigenvalue weighted by atomic mass is 9.86. The number of oxazole rings is 1. The number of aromatic carboxylic acids is 1. The first-order valence-corrected chi connectivity index (χ1v) is 5.64. The van der Waals surface area contributed by atoms with Crippen molar-refractivity contribution < 1.29 is 14.3 Å². The topological polar surface area (TPSA) is 75.4 Å². The van der Waals surface area contributed by atoms with Gasteiger partial charge in [0.1, 0.15) is 0 Å². The Morgan fingerprint density at radius 1 is 1.44 bits per heavy atom. The molecule has 0 aromatic carbocycles. The van der Waals surface area contributed by atoms with Gasteiger partial charge in [-0.3, -0.25) is 0 Å². The van der Waals surface area contributed by atoms with Crippen molar-refractivity contribution in [3.05, 3.63) is 11.5 Å². The Bertz CT molecular complexity index is 381. The van der Waals surface area contributed by atoms with E-state index in [9.17, 15) is 4.79 Å². The van der Waals surface area contributed by atoms with Crippen molar-refractivity contribution >= 4 is 12.0 Å². The smallest absolute Gasteiger partial charge is 0.373 e. The minimum absolute atomic E-state index is 0.00347. The van der Waals surface area contributed by atoms with Gasteiger partial charge in [-0.15, -0.1) is 0 Å². The molecule has 0 amide bonds. The SMILES string of the molecule is CNc1nc(C2CCCCC2)c(C(=O)O)o1. The van der Waals surface area contributed by atoms with E-state index < -0.39 is 5.97 Å². The summed E-state index contributed by atoms with van der Waals surface area (Å²) in [5.74, 6) is -0.795. The van der Waals surface area contributed by atoms with E-state index >= 15 is 0 Å². The summed E-state index contributed by atoms with van der Waals surface area (Å²) in [5.41, 5.74) is 0.608. The van der Waals surface area contributed by atoms with Crippen LogP contribution in [0.25, 0.3) is 0 Å². The molecule has 1 fully saturated rings. The molecule has 16 heavy (non-hydrogen) atoms. The van der Waals surface area contributed by atoms with Crippen LogP contribution in [0.5, 0.6) is 0 Å². The predicted octanol–water partition coefficient (Wildman–Crippen LogP) is 2.46. The summed E-state index contributed by atoms with van der Waals surface area (Å²) < 4.78 is 5.16. The first-order valence-electron chi connectivity index (χ1n) is 5.64. The highest BCUT2D eigenvalue weighted by Gasteiger charge is 2.27. The fraction of sp³-hybridized carbons (Fsp3) is 0.636. The number of carboxylic acids is 1. The average Bonchev–Trinajstić information content (AvgIpc) is 2.74. The van der Waals surface area contributed by atoms with Gasteiger partial charge >= 0.3 is 5.97 Å². The standard InChI is InChI=1S/C11H16N2O3/c1-12-11-13-8(9(16-11)10(14)15)7-5-3-2-4-6-7/h7H,2-6H2,1H3,(H,12,13)(H,14,15). The van der Waals surface area contributed by atoms with Gasteiger partial charge in [-0.25, -0.2) is 4.79 Å². The summed E-state index contributed by atoms with van der Waals surface area (Å²) >= 11 is 0. The zero-order valence-electron chi connectivity index (χ0n) is 9.32. The lowest BCUT2D eigenvalue weighted by Crippen LogP contribution is -2.09. The van der Waals surface area contributed by atoms with Crippen molar-refractivity contribution in [3.8, 4) is 0 Å². The first kappa shape index (κ1) is 11.0. The lowest BCUT2D eigenvalue weighted by Gasteiger charge is -2.19. The Hall–Kier alpha value is -1.52. The number of hydrogen-bond donors (Lipinski definition) is 2. The second-order valence-electron chi connectivity index (χ2n) is 4.12. The molecule has 0 aliphatic heterocycles. The maximum absolute atomic E-state index is 11.0. The van der Waals surface area contributed by atoms with E-state index in [1.54, 1.807) is 7.05 Å². The van der Waals surface area contributed by atoms with Crippen LogP contribution in [-0.2, 0) is 0 Å². The first-order chi connectivity index (χ1) is 7.72. The molecule has 88 valence electrons. The molecule has 0 saturated heterocycles. The van der Waals surface area contributed by atoms with Crippen LogP contribution in [0.1, 0.15) is 54.3 Å². The molecule has 5 heteroatoms. The van der Waals surface area contributed by atoms with Crippen LogP contribution in [0, 0.1) is 0 Å². The molecule has 1 aromatic heterocycles. The van der Waals surface area contributed by atoms with Gasteiger partial charge in [0, 0.05) is 13.0 Å². The van der Waals surface area contributed by atoms with Crippen LogP contribution in [0.15, 0.2) is 4.42 Å². The third-order valence-electron chi connectivity index (χ3n) is 3.05. The molecule has 2 N–H and O–H groups in total. The van der Waals surface area contributed by atoms with Crippen molar-refractivity contribution in [1.82, 2.24) is 4.98 Å². The molecule has 2 rings (SSSR count). The monoisotopic (exact) mass is 224 g/mol. The van der Waals surface area contributed by atoms with Crippen LogP contribution in [0.3, 0.4) is 0 Å². The van der Waals surface area contributed by atoms with Gasteiger partial charge in [0.05, 0.1) is 5.69 Å². The van der Waals surface area contributed by atoms with E-state index in [1.807, 2.05) is 0 Å². The molecule has 1 aliphatic rings. The minimum Gasteiger partial charge on any atom is -0.475 e. The average molecular weight is 224 g/mol. The summed E-state index contributed by atoms with van der Waals surface area (Å²) in [6.07, 6.45) is 5.54. The summed E-state index contributed by atoms with van der Waals surface area (Å²) in [6, 6.07) is 0.290. The van der Waals surface area contributed by atoms with Gasteiger partial charge in [-0.2, -0.15) is 4.98 Å². The number of aromatic nitrogens is 1. The van der Waals surface area contributed by atoms with Crippen molar-refractivity contribution in [3.63, 3.8) is 0 Å². The number of carbonyl (C=O) groups is 1.